The first-order chi connectivity index (χ1) is 8.48. The molecule has 0 aliphatic heterocycles. The molecule has 1 unspecified atom stereocenters. The maximum Gasteiger partial charge on any atom is 0.0493 e. The van der Waals surface area contributed by atoms with Crippen LogP contribution < -0.4 is 5.32 Å². The van der Waals surface area contributed by atoms with Gasteiger partial charge in [-0.05, 0) is 46.4 Å². The molecule has 2 heteroatoms. The zero-order chi connectivity index (χ0) is 13.2. The summed E-state index contributed by atoms with van der Waals surface area (Å²) >= 11 is 1.75. The number of thiophene rings is 1. The Bertz CT molecular complexity index is 494. The second-order valence-electron chi connectivity index (χ2n) is 5.72. The number of hydrogen-bond donors (Lipinski definition) is 1. The van der Waals surface area contributed by atoms with Crippen molar-refractivity contribution in [3.63, 3.8) is 0 Å². The fraction of sp³-hybridized carbons (Fsp3) is 0.375. The molecule has 0 aliphatic carbocycles. The summed E-state index contributed by atoms with van der Waals surface area (Å²) in [6, 6.07) is 11.1. The largest absolute Gasteiger partial charge is 0.378 e. The zero-order valence-electron chi connectivity index (χ0n) is 11.5. The molecule has 1 aromatic carbocycles. The van der Waals surface area contributed by atoms with Gasteiger partial charge in [-0.25, -0.2) is 0 Å². The van der Waals surface area contributed by atoms with Crippen molar-refractivity contribution in [2.45, 2.75) is 39.2 Å². The van der Waals surface area contributed by atoms with Crippen molar-refractivity contribution in [2.75, 3.05) is 5.32 Å². The number of nitrogens with one attached hydrogen (secondary N) is 1. The van der Waals surface area contributed by atoms with E-state index in [0.29, 0.717) is 6.04 Å². The molecule has 1 aromatic heterocycles. The Hall–Kier alpha value is -1.28. The van der Waals surface area contributed by atoms with Gasteiger partial charge in [0.15, 0.2) is 0 Å². The first kappa shape index (κ1) is 13.2. The molecule has 0 spiro atoms. The molecule has 0 saturated heterocycles. The van der Waals surface area contributed by atoms with Crippen LogP contribution in [-0.2, 0) is 5.41 Å². The molecular formula is C16H21NS. The van der Waals surface area contributed by atoms with Crippen LogP contribution in [0.1, 0.15) is 44.9 Å². The zero-order valence-corrected chi connectivity index (χ0v) is 12.3. The van der Waals surface area contributed by atoms with Gasteiger partial charge in [-0.15, -0.1) is 0 Å². The molecule has 1 atom stereocenters. The van der Waals surface area contributed by atoms with Gasteiger partial charge in [-0.3, -0.25) is 0 Å². The first-order valence-electron chi connectivity index (χ1n) is 6.36. The summed E-state index contributed by atoms with van der Waals surface area (Å²) in [4.78, 5) is 0. The third-order valence-corrected chi connectivity index (χ3v) is 3.85. The minimum atomic E-state index is 0.165. The maximum absolute atomic E-state index is 3.63. The van der Waals surface area contributed by atoms with Crippen molar-refractivity contribution in [1.82, 2.24) is 0 Å². The molecule has 0 amide bonds. The molecule has 0 fully saturated rings. The van der Waals surface area contributed by atoms with Crippen molar-refractivity contribution in [2.24, 2.45) is 0 Å². The lowest BCUT2D eigenvalue weighted by Crippen LogP contribution is -2.16. The monoisotopic (exact) mass is 259 g/mol. The number of hydrogen-bond acceptors (Lipinski definition) is 2. The molecule has 2 rings (SSSR count). The molecule has 1 nitrogen and oxygen atoms in total. The van der Waals surface area contributed by atoms with E-state index < -0.39 is 0 Å². The minimum Gasteiger partial charge on any atom is -0.378 e. The summed E-state index contributed by atoms with van der Waals surface area (Å²) in [6.45, 7) is 8.97. The SMILES string of the molecule is CC(Nc1ccccc1C(C)(C)C)c1ccsc1. The average Bonchev–Trinajstić information content (AvgIpc) is 2.81. The normalized spacial score (nSPS) is 13.3. The van der Waals surface area contributed by atoms with Crippen LogP contribution in [-0.4, -0.2) is 0 Å². The van der Waals surface area contributed by atoms with Crippen LogP contribution >= 0.6 is 11.3 Å². The second kappa shape index (κ2) is 5.15. The van der Waals surface area contributed by atoms with Gasteiger partial charge >= 0.3 is 0 Å². The number of benzene rings is 1. The van der Waals surface area contributed by atoms with E-state index in [2.05, 4.69) is 74.1 Å². The molecule has 0 aliphatic rings. The highest BCUT2D eigenvalue weighted by atomic mass is 32.1. The Labute approximate surface area is 114 Å². The van der Waals surface area contributed by atoms with Gasteiger partial charge in [0.25, 0.3) is 0 Å². The summed E-state index contributed by atoms with van der Waals surface area (Å²) in [7, 11) is 0. The van der Waals surface area contributed by atoms with Crippen LogP contribution in [0.15, 0.2) is 41.1 Å². The van der Waals surface area contributed by atoms with Crippen molar-refractivity contribution in [3.05, 3.63) is 52.2 Å². The number of para-hydroxylation sites is 1. The molecule has 0 radical (unpaired) electrons. The quantitative estimate of drug-likeness (QED) is 0.797. The summed E-state index contributed by atoms with van der Waals surface area (Å²) in [5, 5.41) is 7.96. The highest BCUT2D eigenvalue weighted by Gasteiger charge is 2.18. The predicted molar refractivity (Wildman–Crippen MR) is 81.5 cm³/mol. The van der Waals surface area contributed by atoms with Gasteiger partial charge in [0.05, 0.1) is 0 Å². The highest BCUT2D eigenvalue weighted by Crippen LogP contribution is 2.31. The summed E-state index contributed by atoms with van der Waals surface area (Å²) in [5.74, 6) is 0. The van der Waals surface area contributed by atoms with Crippen LogP contribution in [0, 0.1) is 0 Å². The van der Waals surface area contributed by atoms with Crippen LogP contribution in [0.25, 0.3) is 0 Å². The Morgan fingerprint density at radius 3 is 2.44 bits per heavy atom. The molecule has 0 bridgehead atoms. The van der Waals surface area contributed by atoms with E-state index in [1.807, 2.05) is 0 Å². The maximum atomic E-state index is 3.63. The molecule has 18 heavy (non-hydrogen) atoms. The number of rotatable bonds is 3. The molecule has 96 valence electrons. The predicted octanol–water partition coefficient (Wildman–Crippen LogP) is 5.22. The van der Waals surface area contributed by atoms with Gasteiger partial charge in [-0.2, -0.15) is 11.3 Å². The summed E-state index contributed by atoms with van der Waals surface area (Å²) < 4.78 is 0. The van der Waals surface area contributed by atoms with Crippen LogP contribution in [0.5, 0.6) is 0 Å². The van der Waals surface area contributed by atoms with Crippen molar-refractivity contribution in [3.8, 4) is 0 Å². The van der Waals surface area contributed by atoms with E-state index in [-0.39, 0.29) is 5.41 Å². The van der Waals surface area contributed by atoms with E-state index in [1.54, 1.807) is 11.3 Å². The third kappa shape index (κ3) is 2.94. The summed E-state index contributed by atoms with van der Waals surface area (Å²) in [5.41, 5.74) is 4.12. The van der Waals surface area contributed by atoms with Crippen molar-refractivity contribution < 1.29 is 0 Å². The summed E-state index contributed by atoms with van der Waals surface area (Å²) in [6.07, 6.45) is 0. The standard InChI is InChI=1S/C16H21NS/c1-12(13-9-10-18-11-13)17-15-8-6-5-7-14(15)16(2,3)4/h5-12,17H,1-4H3. The molecule has 1 heterocycles. The topological polar surface area (TPSA) is 12.0 Å². The lowest BCUT2D eigenvalue weighted by atomic mass is 9.85. The minimum absolute atomic E-state index is 0.165. The fourth-order valence-electron chi connectivity index (χ4n) is 2.10. The van der Waals surface area contributed by atoms with Gasteiger partial charge in [0, 0.05) is 11.7 Å². The lowest BCUT2D eigenvalue weighted by Gasteiger charge is -2.25. The molecule has 0 saturated carbocycles. The molecule has 2 aromatic rings. The highest BCUT2D eigenvalue weighted by molar-refractivity contribution is 7.07. The fourth-order valence-corrected chi connectivity index (χ4v) is 2.86. The van der Waals surface area contributed by atoms with Gasteiger partial charge in [-0.1, -0.05) is 39.0 Å². The third-order valence-electron chi connectivity index (χ3n) is 3.15. The Kier molecular flexibility index (Phi) is 3.76. The Morgan fingerprint density at radius 1 is 1.11 bits per heavy atom. The average molecular weight is 259 g/mol. The van der Waals surface area contributed by atoms with E-state index in [4.69, 9.17) is 0 Å². The van der Waals surface area contributed by atoms with Crippen LogP contribution in [0.2, 0.25) is 0 Å². The Balaban J connectivity index is 2.24. The van der Waals surface area contributed by atoms with Crippen molar-refractivity contribution in [1.29, 1.82) is 0 Å². The molecular weight excluding hydrogens is 238 g/mol. The van der Waals surface area contributed by atoms with Crippen LogP contribution in [0.4, 0.5) is 5.69 Å². The van der Waals surface area contributed by atoms with Crippen molar-refractivity contribution >= 4 is 17.0 Å². The smallest absolute Gasteiger partial charge is 0.0493 e. The lowest BCUT2D eigenvalue weighted by molar-refractivity contribution is 0.590. The molecule has 1 N–H and O–H groups in total. The first-order valence-corrected chi connectivity index (χ1v) is 7.31. The van der Waals surface area contributed by atoms with E-state index in [9.17, 15) is 0 Å². The van der Waals surface area contributed by atoms with Gasteiger partial charge in [0.1, 0.15) is 0 Å². The van der Waals surface area contributed by atoms with Crippen LogP contribution in [0.3, 0.4) is 0 Å². The van der Waals surface area contributed by atoms with E-state index in [1.165, 1.54) is 16.8 Å². The van der Waals surface area contributed by atoms with Gasteiger partial charge < -0.3 is 5.32 Å². The second-order valence-corrected chi connectivity index (χ2v) is 6.50. The van der Waals surface area contributed by atoms with E-state index in [0.717, 1.165) is 0 Å². The van der Waals surface area contributed by atoms with Gasteiger partial charge in [0.2, 0.25) is 0 Å². The van der Waals surface area contributed by atoms with E-state index >= 15 is 0 Å². The number of anilines is 1. The Morgan fingerprint density at radius 2 is 1.83 bits per heavy atom.